The Morgan fingerprint density at radius 2 is 1.54 bits per heavy atom. The number of non-ortho nitro benzene ring substituents is 1. The molecule has 2 aromatic carbocycles. The van der Waals surface area contributed by atoms with Crippen molar-refractivity contribution in [1.29, 1.82) is 0 Å². The van der Waals surface area contributed by atoms with E-state index in [1.165, 1.54) is 42.2 Å². The van der Waals surface area contributed by atoms with Crippen molar-refractivity contribution in [2.75, 3.05) is 48.9 Å². The number of thioether (sulfide) groups is 1. The van der Waals surface area contributed by atoms with Crippen LogP contribution in [-0.2, 0) is 40.0 Å². The number of nitrogens with one attached hydrogen (secondary N) is 9. The highest BCUT2D eigenvalue weighted by Crippen LogP contribution is 2.36. The molecule has 2 heterocycles. The van der Waals surface area contributed by atoms with Gasteiger partial charge in [0.15, 0.2) is 0 Å². The number of amides is 8. The number of para-hydroxylation sites is 1. The van der Waals surface area contributed by atoms with Crippen LogP contribution < -0.4 is 53.2 Å². The van der Waals surface area contributed by atoms with Crippen LogP contribution in [0, 0.1) is 26.1 Å². The van der Waals surface area contributed by atoms with Gasteiger partial charge >= 0.3 is 0 Å². The first-order valence-electron chi connectivity index (χ1n) is 25.2. The number of hydrogen-bond donors (Lipinski definition) is 10. The van der Waals surface area contributed by atoms with Crippen molar-refractivity contribution in [2.24, 2.45) is 11.7 Å². The molecule has 2 fully saturated rings. The van der Waals surface area contributed by atoms with Gasteiger partial charge in [-0.25, -0.2) is 4.98 Å². The van der Waals surface area contributed by atoms with Crippen molar-refractivity contribution in [2.45, 2.75) is 120 Å². The Kier molecular flexibility index (Phi) is 22.8. The third kappa shape index (κ3) is 17.4. The summed E-state index contributed by atoms with van der Waals surface area (Å²) in [6.07, 6.45) is 11.0. The van der Waals surface area contributed by atoms with Crippen molar-refractivity contribution in [3.63, 3.8) is 0 Å². The maximum Gasteiger partial charge on any atom is 0.299 e. The number of H-pyrrole nitrogens is 1. The molecule has 5 rings (SSSR count). The summed E-state index contributed by atoms with van der Waals surface area (Å²) in [5, 5.41) is 44.9. The van der Waals surface area contributed by atoms with Crippen LogP contribution in [0.4, 0.5) is 22.7 Å². The molecule has 0 unspecified atom stereocenters. The Morgan fingerprint density at radius 3 is 2.21 bits per heavy atom. The zero-order valence-corrected chi connectivity index (χ0v) is 43.5. The van der Waals surface area contributed by atoms with Crippen LogP contribution in [0.2, 0.25) is 0 Å². The second-order valence-corrected chi connectivity index (χ2v) is 19.6. The van der Waals surface area contributed by atoms with Gasteiger partial charge in [-0.2, -0.15) is 11.8 Å². The first-order valence-corrected chi connectivity index (χ1v) is 26.6. The number of nitrogens with two attached hydrogens (primary N) is 1. The fourth-order valence-corrected chi connectivity index (χ4v) is 9.78. The number of nitro groups is 2. The Morgan fingerprint density at radius 1 is 0.816 bits per heavy atom. The smallest absolute Gasteiger partial charge is 0.299 e. The molecule has 2 aliphatic rings. The number of imidazole rings is 1. The van der Waals surface area contributed by atoms with Gasteiger partial charge in [0.1, 0.15) is 41.9 Å². The molecule has 11 N–H and O–H groups in total. The fourth-order valence-electron chi connectivity index (χ4n) is 9.21. The van der Waals surface area contributed by atoms with Crippen LogP contribution >= 0.6 is 11.8 Å². The molecule has 6 atom stereocenters. The quantitative estimate of drug-likeness (QED) is 0.0267. The molecule has 76 heavy (non-hydrogen) atoms. The van der Waals surface area contributed by atoms with Gasteiger partial charge in [-0.15, -0.1) is 0 Å². The number of aromatic amines is 1. The Balaban J connectivity index is 1.17. The molecule has 1 aromatic heterocycles. The first kappa shape index (κ1) is 59.0. The van der Waals surface area contributed by atoms with Crippen molar-refractivity contribution in [3.8, 4) is 0 Å². The topological polar surface area (TPSA) is 377 Å². The number of primary amides is 1. The molecular formula is C49H68N14O12S. The lowest BCUT2D eigenvalue weighted by Crippen LogP contribution is -2.59. The monoisotopic (exact) mass is 1080 g/mol. The predicted molar refractivity (Wildman–Crippen MR) is 282 cm³/mol. The van der Waals surface area contributed by atoms with Gasteiger partial charge in [-0.05, 0) is 75.8 Å². The number of unbranched alkanes of at least 4 members (excludes halogenated alkanes) is 1. The summed E-state index contributed by atoms with van der Waals surface area (Å²) in [5.74, 6) is -5.26. The SMILES string of the molecule is CNc1ccccc1C(=O)NCCCC[C@H](NC(=O)[C@H](C)NC(=O)[C@H](Cc1cnc[nH]1)NC(=O)[C@H](CSC)NC(=O)CNC(=O)[C@H](CC1CCCCC1)NC(=O)[C@@H]1CCCN1c1ccc([N+](=O)[O-])cc1[N+](=O)[O-])C(N)=O. The van der Waals surface area contributed by atoms with E-state index in [1.54, 1.807) is 37.6 Å². The molecule has 1 saturated heterocycles. The van der Waals surface area contributed by atoms with Gasteiger partial charge in [0.2, 0.25) is 41.4 Å². The average molecular weight is 1080 g/mol. The molecule has 0 radical (unpaired) electrons. The minimum atomic E-state index is -1.31. The van der Waals surface area contributed by atoms with E-state index in [0.29, 0.717) is 42.8 Å². The van der Waals surface area contributed by atoms with Crippen LogP contribution in [0.25, 0.3) is 0 Å². The molecule has 3 aromatic rings. The van der Waals surface area contributed by atoms with Crippen molar-refractivity contribution < 1.29 is 48.2 Å². The fraction of sp³-hybridized carbons (Fsp3) is 0.531. The highest BCUT2D eigenvalue weighted by molar-refractivity contribution is 7.98. The number of nitrogens with zero attached hydrogens (tertiary/aromatic N) is 4. The molecule has 1 saturated carbocycles. The van der Waals surface area contributed by atoms with Crippen LogP contribution in [0.15, 0.2) is 55.0 Å². The molecule has 26 nitrogen and oxygen atoms in total. The summed E-state index contributed by atoms with van der Waals surface area (Å²) in [5.41, 5.74) is 6.21. The number of nitro benzene ring substituents is 2. The third-order valence-electron chi connectivity index (χ3n) is 13.2. The average Bonchev–Trinajstić information content (AvgIpc) is 4.13. The zero-order chi connectivity index (χ0) is 55.3. The number of hydrogen-bond acceptors (Lipinski definition) is 16. The van der Waals surface area contributed by atoms with Gasteiger partial charge in [0, 0.05) is 56.0 Å². The Hall–Kier alpha value is -7.84. The van der Waals surface area contributed by atoms with Gasteiger partial charge in [-0.1, -0.05) is 44.2 Å². The van der Waals surface area contributed by atoms with Crippen molar-refractivity contribution in [1.82, 2.24) is 47.2 Å². The van der Waals surface area contributed by atoms with E-state index in [0.717, 1.165) is 44.2 Å². The second-order valence-electron chi connectivity index (χ2n) is 18.7. The van der Waals surface area contributed by atoms with E-state index in [2.05, 4.69) is 52.5 Å². The highest BCUT2D eigenvalue weighted by Gasteiger charge is 2.38. The third-order valence-corrected chi connectivity index (χ3v) is 13.9. The summed E-state index contributed by atoms with van der Waals surface area (Å²) in [7, 11) is 1.71. The molecule has 1 aliphatic heterocycles. The maximum absolute atomic E-state index is 14.0. The van der Waals surface area contributed by atoms with E-state index in [9.17, 15) is 58.6 Å². The van der Waals surface area contributed by atoms with E-state index < -0.39 is 105 Å². The lowest BCUT2D eigenvalue weighted by atomic mass is 9.84. The molecular weight excluding hydrogens is 1010 g/mol. The number of benzene rings is 2. The van der Waals surface area contributed by atoms with Gasteiger partial charge < -0.3 is 58.2 Å². The number of rotatable bonds is 29. The molecule has 0 spiro atoms. The normalized spacial score (nSPS) is 16.4. The highest BCUT2D eigenvalue weighted by atomic mass is 32.2. The number of carbonyl (C=O) groups excluding carboxylic acids is 8. The minimum Gasteiger partial charge on any atom is -0.387 e. The second kappa shape index (κ2) is 29.3. The zero-order valence-electron chi connectivity index (χ0n) is 42.7. The summed E-state index contributed by atoms with van der Waals surface area (Å²) in [4.78, 5) is 138. The van der Waals surface area contributed by atoms with E-state index >= 15 is 0 Å². The van der Waals surface area contributed by atoms with Crippen molar-refractivity contribution in [3.05, 3.63) is 86.5 Å². The van der Waals surface area contributed by atoms with Crippen LogP contribution in [0.1, 0.15) is 93.6 Å². The molecule has 0 bridgehead atoms. The first-order chi connectivity index (χ1) is 36.4. The number of aromatic nitrogens is 2. The summed E-state index contributed by atoms with van der Waals surface area (Å²) < 4.78 is 0. The summed E-state index contributed by atoms with van der Waals surface area (Å²) >= 11 is 1.21. The molecule has 412 valence electrons. The van der Waals surface area contributed by atoms with Crippen LogP contribution in [-0.4, -0.2) is 142 Å². The van der Waals surface area contributed by atoms with Crippen molar-refractivity contribution >= 4 is 81.8 Å². The number of carbonyl (C=O) groups is 8. The molecule has 8 amide bonds. The molecule has 27 heteroatoms. The Labute approximate surface area is 443 Å². The van der Waals surface area contributed by atoms with Crippen LogP contribution in [0.5, 0.6) is 0 Å². The predicted octanol–water partition coefficient (Wildman–Crippen LogP) is 1.46. The van der Waals surface area contributed by atoms with E-state index in [4.69, 9.17) is 5.73 Å². The van der Waals surface area contributed by atoms with E-state index in [1.807, 2.05) is 0 Å². The van der Waals surface area contributed by atoms with Gasteiger partial charge in [0.25, 0.3) is 17.3 Å². The molecule has 1 aliphatic carbocycles. The largest absolute Gasteiger partial charge is 0.387 e. The lowest BCUT2D eigenvalue weighted by molar-refractivity contribution is -0.393. The standard InChI is InChI=1S/C49H68N14O12S/c1-29(44(66)58-35(43(50)65)16-9-10-20-53-45(67)33-14-7-8-15-34(33)51-2)56-47(69)37(23-31-25-52-28-55-31)59-48(70)38(27-76-3)57-42(64)26-54-46(68)36(22-30-12-5-4-6-13-30)60-49(71)40-17-11-21-61(40)39-19-18-32(62(72)73)24-41(39)63(74)75/h7-8,14-15,18-19,24-25,28-30,35-38,40,51H,4-6,9-13,16-17,20-23,26-27H2,1-3H3,(H2,50,65)(H,52,55)(H,53,67)(H,54,68)(H,56,69)(H,57,64)(H,58,66)(H,59,70)(H,60,71)/t29-,35-,36-,37-,38-,40-/m0/s1. The summed E-state index contributed by atoms with van der Waals surface area (Å²) in [6, 6.07) is 3.34. The van der Waals surface area contributed by atoms with Gasteiger partial charge in [-0.3, -0.25) is 58.6 Å². The number of anilines is 2. The lowest BCUT2D eigenvalue weighted by Gasteiger charge is -2.30. The minimum absolute atomic E-state index is 0.0272. The van der Waals surface area contributed by atoms with Gasteiger partial charge in [0.05, 0.1) is 34.3 Å². The maximum atomic E-state index is 14.0. The van der Waals surface area contributed by atoms with E-state index in [-0.39, 0.29) is 55.5 Å². The van der Waals surface area contributed by atoms with Crippen LogP contribution in [0.3, 0.4) is 0 Å². The summed E-state index contributed by atoms with van der Waals surface area (Å²) in [6.45, 7) is 1.32. The Bertz CT molecular complexity index is 2550.